The van der Waals surface area contributed by atoms with Crippen LogP contribution in [0.3, 0.4) is 0 Å². The second kappa shape index (κ2) is 5.49. The molecule has 0 saturated carbocycles. The van der Waals surface area contributed by atoms with Crippen LogP contribution < -0.4 is 9.47 Å². The summed E-state index contributed by atoms with van der Waals surface area (Å²) in [5, 5.41) is 0. The molecule has 1 aromatic heterocycles. The highest BCUT2D eigenvalue weighted by atomic mass is 19.1. The van der Waals surface area contributed by atoms with Gasteiger partial charge in [-0.15, -0.1) is 0 Å². The number of pyridine rings is 1. The minimum atomic E-state index is -0.607. The largest absolute Gasteiger partial charge is 0.496 e. The third-order valence-corrected chi connectivity index (χ3v) is 2.54. The maximum atomic E-state index is 13.3. The van der Waals surface area contributed by atoms with Crippen molar-refractivity contribution in [2.24, 2.45) is 0 Å². The SMILES string of the molecule is COc1ccc(C)cc1COc1cccnc1F. The number of aryl methyl sites for hydroxylation is 1. The Morgan fingerprint density at radius 1 is 1.22 bits per heavy atom. The normalized spacial score (nSPS) is 10.2. The van der Waals surface area contributed by atoms with E-state index in [0.29, 0.717) is 0 Å². The fourth-order valence-corrected chi connectivity index (χ4v) is 1.65. The number of aromatic nitrogens is 1. The zero-order chi connectivity index (χ0) is 13.0. The maximum Gasteiger partial charge on any atom is 0.255 e. The van der Waals surface area contributed by atoms with Gasteiger partial charge in [-0.25, -0.2) is 4.98 Å². The van der Waals surface area contributed by atoms with Gasteiger partial charge in [0, 0.05) is 11.8 Å². The predicted octanol–water partition coefficient (Wildman–Crippen LogP) is 3.12. The minimum absolute atomic E-state index is 0.140. The molecule has 0 amide bonds. The van der Waals surface area contributed by atoms with Crippen molar-refractivity contribution in [3.05, 3.63) is 53.6 Å². The van der Waals surface area contributed by atoms with Crippen molar-refractivity contribution in [1.29, 1.82) is 0 Å². The van der Waals surface area contributed by atoms with Crippen LogP contribution in [-0.2, 0) is 6.61 Å². The molecule has 0 bridgehead atoms. The molecule has 0 aliphatic carbocycles. The van der Waals surface area contributed by atoms with Crippen molar-refractivity contribution in [2.45, 2.75) is 13.5 Å². The van der Waals surface area contributed by atoms with Gasteiger partial charge in [-0.1, -0.05) is 11.6 Å². The molecule has 18 heavy (non-hydrogen) atoms. The molecule has 2 rings (SSSR count). The first-order valence-electron chi connectivity index (χ1n) is 5.57. The summed E-state index contributed by atoms with van der Waals surface area (Å²) in [7, 11) is 1.60. The lowest BCUT2D eigenvalue weighted by Crippen LogP contribution is -2.01. The summed E-state index contributed by atoms with van der Waals surface area (Å²) in [6.07, 6.45) is 1.38. The topological polar surface area (TPSA) is 31.4 Å². The predicted molar refractivity (Wildman–Crippen MR) is 66.3 cm³/mol. The van der Waals surface area contributed by atoms with Gasteiger partial charge in [0.1, 0.15) is 12.4 Å². The van der Waals surface area contributed by atoms with Gasteiger partial charge in [0.15, 0.2) is 5.75 Å². The molecule has 1 aromatic carbocycles. The standard InChI is InChI=1S/C14H14FNO2/c1-10-5-6-12(17-2)11(8-10)9-18-13-4-3-7-16-14(13)15/h3-8H,9H2,1-2H3. The van der Waals surface area contributed by atoms with Crippen molar-refractivity contribution < 1.29 is 13.9 Å². The average molecular weight is 247 g/mol. The average Bonchev–Trinajstić information content (AvgIpc) is 2.38. The zero-order valence-corrected chi connectivity index (χ0v) is 10.3. The van der Waals surface area contributed by atoms with Gasteiger partial charge in [-0.3, -0.25) is 0 Å². The quantitative estimate of drug-likeness (QED) is 0.778. The molecular weight excluding hydrogens is 233 g/mol. The number of hydrogen-bond donors (Lipinski definition) is 0. The van der Waals surface area contributed by atoms with E-state index in [1.807, 2.05) is 25.1 Å². The van der Waals surface area contributed by atoms with Crippen LogP contribution in [0.5, 0.6) is 11.5 Å². The van der Waals surface area contributed by atoms with Crippen molar-refractivity contribution in [3.63, 3.8) is 0 Å². The van der Waals surface area contributed by atoms with Crippen LogP contribution >= 0.6 is 0 Å². The van der Waals surface area contributed by atoms with Gasteiger partial charge in [0.25, 0.3) is 5.95 Å². The second-order valence-electron chi connectivity index (χ2n) is 3.90. The van der Waals surface area contributed by atoms with Crippen LogP contribution in [0, 0.1) is 12.9 Å². The number of hydrogen-bond acceptors (Lipinski definition) is 3. The highest BCUT2D eigenvalue weighted by molar-refractivity contribution is 5.36. The number of halogens is 1. The first-order chi connectivity index (χ1) is 8.70. The molecule has 0 aliphatic rings. The third kappa shape index (κ3) is 2.77. The van der Waals surface area contributed by atoms with Gasteiger partial charge in [-0.2, -0.15) is 4.39 Å². The Labute approximate surface area is 105 Å². The van der Waals surface area contributed by atoms with Crippen LogP contribution in [-0.4, -0.2) is 12.1 Å². The van der Waals surface area contributed by atoms with E-state index < -0.39 is 5.95 Å². The third-order valence-electron chi connectivity index (χ3n) is 2.54. The highest BCUT2D eigenvalue weighted by Gasteiger charge is 2.07. The Morgan fingerprint density at radius 2 is 2.06 bits per heavy atom. The Morgan fingerprint density at radius 3 is 2.78 bits per heavy atom. The Bertz CT molecular complexity index is 543. The van der Waals surface area contributed by atoms with Gasteiger partial charge in [-0.05, 0) is 31.2 Å². The second-order valence-corrected chi connectivity index (χ2v) is 3.90. The van der Waals surface area contributed by atoms with E-state index in [0.717, 1.165) is 16.9 Å². The Balaban J connectivity index is 2.15. The molecule has 2 aromatic rings. The molecule has 0 spiro atoms. The van der Waals surface area contributed by atoms with Crippen LogP contribution in [0.2, 0.25) is 0 Å². The summed E-state index contributed by atoms with van der Waals surface area (Å²) < 4.78 is 23.9. The molecule has 0 N–H and O–H groups in total. The van der Waals surface area contributed by atoms with E-state index in [1.165, 1.54) is 6.20 Å². The molecule has 94 valence electrons. The van der Waals surface area contributed by atoms with Crippen molar-refractivity contribution >= 4 is 0 Å². The fourth-order valence-electron chi connectivity index (χ4n) is 1.65. The summed E-state index contributed by atoms with van der Waals surface area (Å²) >= 11 is 0. The first-order valence-corrected chi connectivity index (χ1v) is 5.57. The van der Waals surface area contributed by atoms with E-state index in [2.05, 4.69) is 4.98 Å². The molecule has 4 heteroatoms. The lowest BCUT2D eigenvalue weighted by Gasteiger charge is -2.11. The number of methoxy groups -OCH3 is 1. The van der Waals surface area contributed by atoms with Crippen molar-refractivity contribution in [1.82, 2.24) is 4.98 Å². The first kappa shape index (κ1) is 12.4. The Kier molecular flexibility index (Phi) is 3.77. The van der Waals surface area contributed by atoms with Crippen molar-refractivity contribution in [3.8, 4) is 11.5 Å². The molecule has 0 unspecified atom stereocenters. The number of benzene rings is 1. The molecule has 0 radical (unpaired) electrons. The van der Waals surface area contributed by atoms with E-state index >= 15 is 0 Å². The summed E-state index contributed by atoms with van der Waals surface area (Å²) in [6, 6.07) is 8.95. The minimum Gasteiger partial charge on any atom is -0.496 e. The highest BCUT2D eigenvalue weighted by Crippen LogP contribution is 2.22. The maximum absolute atomic E-state index is 13.3. The van der Waals surface area contributed by atoms with Crippen molar-refractivity contribution in [2.75, 3.05) is 7.11 Å². The van der Waals surface area contributed by atoms with Crippen LogP contribution in [0.15, 0.2) is 36.5 Å². The lowest BCUT2D eigenvalue weighted by molar-refractivity contribution is 0.278. The van der Waals surface area contributed by atoms with E-state index in [9.17, 15) is 4.39 Å². The van der Waals surface area contributed by atoms with Gasteiger partial charge >= 0.3 is 0 Å². The lowest BCUT2D eigenvalue weighted by atomic mass is 10.1. The Hall–Kier alpha value is -2.10. The van der Waals surface area contributed by atoms with Gasteiger partial charge in [0.2, 0.25) is 0 Å². The molecule has 0 fully saturated rings. The van der Waals surface area contributed by atoms with Crippen LogP contribution in [0.1, 0.15) is 11.1 Å². The van der Waals surface area contributed by atoms with Gasteiger partial charge < -0.3 is 9.47 Å². The summed E-state index contributed by atoms with van der Waals surface area (Å²) in [5.74, 6) is 0.259. The summed E-state index contributed by atoms with van der Waals surface area (Å²) in [6.45, 7) is 2.22. The number of rotatable bonds is 4. The number of nitrogens with zero attached hydrogens (tertiary/aromatic N) is 1. The van der Waals surface area contributed by atoms with E-state index in [1.54, 1.807) is 19.2 Å². The van der Waals surface area contributed by atoms with E-state index in [-0.39, 0.29) is 12.4 Å². The van der Waals surface area contributed by atoms with Gasteiger partial charge in [0.05, 0.1) is 7.11 Å². The molecular formula is C14H14FNO2. The van der Waals surface area contributed by atoms with Crippen LogP contribution in [0.25, 0.3) is 0 Å². The molecule has 1 heterocycles. The van der Waals surface area contributed by atoms with E-state index in [4.69, 9.17) is 9.47 Å². The summed E-state index contributed by atoms with van der Waals surface area (Å²) in [5.41, 5.74) is 1.97. The molecule has 0 saturated heterocycles. The number of ether oxygens (including phenoxy) is 2. The molecule has 0 atom stereocenters. The zero-order valence-electron chi connectivity index (χ0n) is 10.3. The monoisotopic (exact) mass is 247 g/mol. The molecule has 3 nitrogen and oxygen atoms in total. The smallest absolute Gasteiger partial charge is 0.255 e. The fraction of sp³-hybridized carbons (Fsp3) is 0.214. The molecule has 0 aliphatic heterocycles. The van der Waals surface area contributed by atoms with Crippen LogP contribution in [0.4, 0.5) is 4.39 Å². The summed E-state index contributed by atoms with van der Waals surface area (Å²) in [4.78, 5) is 3.53.